The molecule has 3 amide bonds. The third kappa shape index (κ3) is 3.60. The van der Waals surface area contributed by atoms with Gasteiger partial charge < -0.3 is 16.0 Å². The number of nitrogens with zero attached hydrogens (tertiary/aromatic N) is 2. The van der Waals surface area contributed by atoms with Gasteiger partial charge in [-0.3, -0.25) is 9.78 Å². The Morgan fingerprint density at radius 3 is 3.05 bits per heavy atom. The summed E-state index contributed by atoms with van der Waals surface area (Å²) < 4.78 is 0. The minimum atomic E-state index is -0.538. The van der Waals surface area contributed by atoms with Crippen LogP contribution in [0, 0.1) is 5.92 Å². The van der Waals surface area contributed by atoms with Crippen LogP contribution in [0.3, 0.4) is 0 Å². The van der Waals surface area contributed by atoms with Crippen molar-refractivity contribution in [3.05, 3.63) is 29.0 Å². The molecule has 1 aromatic heterocycles. The maximum Gasteiger partial charge on any atom is 0.312 e. The van der Waals surface area contributed by atoms with Gasteiger partial charge in [-0.05, 0) is 24.8 Å². The molecule has 2 heterocycles. The zero-order chi connectivity index (χ0) is 14.5. The van der Waals surface area contributed by atoms with E-state index in [4.69, 9.17) is 17.3 Å². The molecule has 0 spiro atoms. The van der Waals surface area contributed by atoms with Crippen LogP contribution in [0.2, 0.25) is 5.02 Å². The minimum absolute atomic E-state index is 0.119. The minimum Gasteiger partial charge on any atom is -0.352 e. The van der Waals surface area contributed by atoms with E-state index in [1.165, 1.54) is 6.20 Å². The Balaban J connectivity index is 2.00. The molecule has 0 aliphatic carbocycles. The van der Waals surface area contributed by atoms with Gasteiger partial charge in [0.05, 0.1) is 10.6 Å². The predicted molar refractivity (Wildman–Crippen MR) is 75.5 cm³/mol. The number of pyridine rings is 1. The van der Waals surface area contributed by atoms with Gasteiger partial charge in [-0.15, -0.1) is 0 Å². The van der Waals surface area contributed by atoms with E-state index in [1.807, 2.05) is 0 Å². The summed E-state index contributed by atoms with van der Waals surface area (Å²) in [5.41, 5.74) is 5.47. The first-order valence-corrected chi connectivity index (χ1v) is 6.88. The van der Waals surface area contributed by atoms with Gasteiger partial charge in [0.2, 0.25) is 0 Å². The molecule has 2 rings (SSSR count). The molecule has 0 aromatic carbocycles. The summed E-state index contributed by atoms with van der Waals surface area (Å²) in [7, 11) is 0. The first-order chi connectivity index (χ1) is 9.58. The summed E-state index contributed by atoms with van der Waals surface area (Å²) in [6.07, 6.45) is 4.89. The number of amides is 3. The van der Waals surface area contributed by atoms with E-state index in [0.717, 1.165) is 12.8 Å². The van der Waals surface area contributed by atoms with Gasteiger partial charge in [0.1, 0.15) is 0 Å². The summed E-state index contributed by atoms with van der Waals surface area (Å²) in [6, 6.07) is 1.06. The van der Waals surface area contributed by atoms with E-state index in [-0.39, 0.29) is 11.8 Å². The molecule has 3 N–H and O–H groups in total. The highest BCUT2D eigenvalue weighted by Crippen LogP contribution is 2.21. The highest BCUT2D eigenvalue weighted by atomic mass is 35.5. The van der Waals surface area contributed by atoms with Crippen molar-refractivity contribution in [3.63, 3.8) is 0 Å². The fraction of sp³-hybridized carbons (Fsp3) is 0.462. The maximum atomic E-state index is 12.4. The Labute approximate surface area is 122 Å². The molecule has 6 nitrogen and oxygen atoms in total. The number of nitrogens with two attached hydrogens (primary N) is 1. The Kier molecular flexibility index (Phi) is 4.79. The molecule has 1 saturated heterocycles. The van der Waals surface area contributed by atoms with Crippen molar-refractivity contribution in [2.75, 3.05) is 19.6 Å². The highest BCUT2D eigenvalue weighted by Gasteiger charge is 2.25. The third-order valence-corrected chi connectivity index (χ3v) is 3.70. The second kappa shape index (κ2) is 6.56. The van der Waals surface area contributed by atoms with E-state index in [9.17, 15) is 9.59 Å². The molecule has 0 bridgehead atoms. The van der Waals surface area contributed by atoms with Gasteiger partial charge in [-0.25, -0.2) is 4.79 Å². The van der Waals surface area contributed by atoms with Crippen LogP contribution < -0.4 is 11.1 Å². The largest absolute Gasteiger partial charge is 0.352 e. The lowest BCUT2D eigenvalue weighted by Gasteiger charge is -2.32. The van der Waals surface area contributed by atoms with Crippen LogP contribution in [0.4, 0.5) is 4.79 Å². The summed E-state index contributed by atoms with van der Waals surface area (Å²) in [5, 5.41) is 2.99. The van der Waals surface area contributed by atoms with Crippen LogP contribution in [0.15, 0.2) is 18.5 Å². The number of halogens is 1. The van der Waals surface area contributed by atoms with Crippen LogP contribution in [0.1, 0.15) is 23.2 Å². The molecule has 0 radical (unpaired) electrons. The Hall–Kier alpha value is -1.82. The lowest BCUT2D eigenvalue weighted by Crippen LogP contribution is -2.44. The first kappa shape index (κ1) is 14.6. The van der Waals surface area contributed by atoms with Gasteiger partial charge in [0.25, 0.3) is 5.91 Å². The quantitative estimate of drug-likeness (QED) is 0.880. The molecule has 7 heteroatoms. The van der Waals surface area contributed by atoms with Crippen molar-refractivity contribution in [1.82, 2.24) is 15.2 Å². The summed E-state index contributed by atoms with van der Waals surface area (Å²) >= 11 is 6.02. The van der Waals surface area contributed by atoms with Gasteiger partial charge in [-0.2, -0.15) is 0 Å². The zero-order valence-electron chi connectivity index (χ0n) is 11.0. The Morgan fingerprint density at radius 2 is 2.35 bits per heavy atom. The lowest BCUT2D eigenvalue weighted by molar-refractivity contribution is 0.0675. The average molecular weight is 297 g/mol. The molecule has 1 aliphatic heterocycles. The molecule has 108 valence electrons. The van der Waals surface area contributed by atoms with E-state index in [0.29, 0.717) is 30.2 Å². The molecular weight excluding hydrogens is 280 g/mol. The van der Waals surface area contributed by atoms with E-state index in [1.54, 1.807) is 17.2 Å². The molecule has 0 saturated carbocycles. The van der Waals surface area contributed by atoms with Gasteiger partial charge >= 0.3 is 6.03 Å². The lowest BCUT2D eigenvalue weighted by atomic mass is 9.97. The van der Waals surface area contributed by atoms with Crippen LogP contribution in [0.25, 0.3) is 0 Å². The Morgan fingerprint density at radius 1 is 1.55 bits per heavy atom. The number of carbonyl (C=O) groups is 2. The zero-order valence-corrected chi connectivity index (χ0v) is 11.8. The molecule has 1 atom stereocenters. The molecular formula is C13H17ClN4O2. The van der Waals surface area contributed by atoms with Crippen LogP contribution >= 0.6 is 11.6 Å². The number of rotatable bonds is 3. The van der Waals surface area contributed by atoms with Crippen LogP contribution in [0.5, 0.6) is 0 Å². The van der Waals surface area contributed by atoms with Crippen molar-refractivity contribution in [2.24, 2.45) is 11.7 Å². The van der Waals surface area contributed by atoms with Crippen LogP contribution in [-0.4, -0.2) is 41.5 Å². The molecule has 20 heavy (non-hydrogen) atoms. The fourth-order valence-corrected chi connectivity index (χ4v) is 2.55. The first-order valence-electron chi connectivity index (χ1n) is 6.50. The number of hydrogen-bond acceptors (Lipinski definition) is 3. The number of hydrogen-bond donors (Lipinski definition) is 2. The SMILES string of the molecule is NC(=O)NCC1CCCN(C(=O)c2cnccc2Cl)C1. The second-order valence-electron chi connectivity index (χ2n) is 4.86. The number of urea groups is 1. The van der Waals surface area contributed by atoms with E-state index in [2.05, 4.69) is 10.3 Å². The van der Waals surface area contributed by atoms with Gasteiger partial charge in [0.15, 0.2) is 0 Å². The monoisotopic (exact) mass is 296 g/mol. The van der Waals surface area contributed by atoms with E-state index < -0.39 is 6.03 Å². The number of piperidine rings is 1. The Bertz CT molecular complexity index is 509. The fourth-order valence-electron chi connectivity index (χ4n) is 2.37. The molecule has 1 fully saturated rings. The third-order valence-electron chi connectivity index (χ3n) is 3.37. The van der Waals surface area contributed by atoms with Crippen molar-refractivity contribution in [3.8, 4) is 0 Å². The maximum absolute atomic E-state index is 12.4. The molecule has 1 unspecified atom stereocenters. The number of likely N-dealkylation sites (tertiary alicyclic amines) is 1. The van der Waals surface area contributed by atoms with Crippen molar-refractivity contribution < 1.29 is 9.59 Å². The highest BCUT2D eigenvalue weighted by molar-refractivity contribution is 6.33. The standard InChI is InChI=1S/C13H17ClN4O2/c14-11-3-4-16-7-10(11)12(19)18-5-1-2-9(8-18)6-17-13(15)20/h3-4,7,9H,1-2,5-6,8H2,(H3,15,17,20). The number of primary amides is 1. The smallest absolute Gasteiger partial charge is 0.312 e. The van der Waals surface area contributed by atoms with Crippen molar-refractivity contribution in [2.45, 2.75) is 12.8 Å². The predicted octanol–water partition coefficient (Wildman–Crippen LogP) is 1.26. The van der Waals surface area contributed by atoms with Crippen molar-refractivity contribution >= 4 is 23.5 Å². The summed E-state index contributed by atoms with van der Waals surface area (Å²) in [5.74, 6) is 0.0996. The van der Waals surface area contributed by atoms with Gasteiger partial charge in [-0.1, -0.05) is 11.6 Å². The summed E-state index contributed by atoms with van der Waals surface area (Å²) in [4.78, 5) is 28.8. The van der Waals surface area contributed by atoms with Gasteiger partial charge in [0, 0.05) is 32.0 Å². The molecule has 1 aromatic rings. The number of aromatic nitrogens is 1. The molecule has 1 aliphatic rings. The number of carbonyl (C=O) groups excluding carboxylic acids is 2. The topological polar surface area (TPSA) is 88.3 Å². The van der Waals surface area contributed by atoms with E-state index >= 15 is 0 Å². The number of nitrogens with one attached hydrogen (secondary N) is 1. The average Bonchev–Trinajstić information content (AvgIpc) is 2.45. The van der Waals surface area contributed by atoms with Crippen molar-refractivity contribution in [1.29, 1.82) is 0 Å². The van der Waals surface area contributed by atoms with Crippen LogP contribution in [-0.2, 0) is 0 Å². The normalized spacial score (nSPS) is 18.6. The summed E-state index contributed by atoms with van der Waals surface area (Å²) in [6.45, 7) is 1.77. The second-order valence-corrected chi connectivity index (χ2v) is 5.27.